The van der Waals surface area contributed by atoms with Crippen molar-refractivity contribution in [3.8, 4) is 0 Å². The van der Waals surface area contributed by atoms with Crippen molar-refractivity contribution in [1.82, 2.24) is 15.9 Å². The van der Waals surface area contributed by atoms with Crippen LogP contribution in [0.15, 0.2) is 0 Å². The number of hydrazine groups is 2. The van der Waals surface area contributed by atoms with Gasteiger partial charge in [-0.2, -0.15) is 5.01 Å². The molecular formula is C10H18N4O4. The summed E-state index contributed by atoms with van der Waals surface area (Å²) in [4.78, 5) is 44.2. The van der Waals surface area contributed by atoms with Crippen molar-refractivity contribution in [2.75, 3.05) is 0 Å². The molecule has 18 heavy (non-hydrogen) atoms. The fourth-order valence-electron chi connectivity index (χ4n) is 1.20. The highest BCUT2D eigenvalue weighted by atomic mass is 16.2. The monoisotopic (exact) mass is 258 g/mol. The summed E-state index contributed by atoms with van der Waals surface area (Å²) in [5.74, 6) is 3.02. The van der Waals surface area contributed by atoms with E-state index in [0.29, 0.717) is 17.9 Å². The summed E-state index contributed by atoms with van der Waals surface area (Å²) >= 11 is 0. The Morgan fingerprint density at radius 2 is 1.39 bits per heavy atom. The molecule has 4 amide bonds. The molecule has 0 bridgehead atoms. The van der Waals surface area contributed by atoms with Crippen LogP contribution < -0.4 is 16.7 Å². The normalized spacial score (nSPS) is 9.50. The highest BCUT2D eigenvalue weighted by Crippen LogP contribution is 2.00. The second-order valence-corrected chi connectivity index (χ2v) is 3.68. The molecule has 0 aromatic carbocycles. The average molecular weight is 258 g/mol. The topological polar surface area (TPSA) is 122 Å². The number of nitrogens with two attached hydrogens (primary N) is 1. The Labute approximate surface area is 105 Å². The molecule has 0 radical (unpaired) electrons. The van der Waals surface area contributed by atoms with Crippen LogP contribution >= 0.6 is 0 Å². The molecule has 0 rings (SSSR count). The van der Waals surface area contributed by atoms with Crippen LogP contribution in [-0.4, -0.2) is 28.6 Å². The van der Waals surface area contributed by atoms with Gasteiger partial charge in [0, 0.05) is 26.7 Å². The number of amides is 4. The first-order valence-electron chi connectivity index (χ1n) is 5.48. The number of imide groups is 1. The van der Waals surface area contributed by atoms with Crippen molar-refractivity contribution >= 4 is 23.6 Å². The molecular weight excluding hydrogens is 240 g/mol. The van der Waals surface area contributed by atoms with Crippen molar-refractivity contribution in [1.29, 1.82) is 0 Å². The summed E-state index contributed by atoms with van der Waals surface area (Å²) in [6, 6.07) is 0. The van der Waals surface area contributed by atoms with Gasteiger partial charge in [0.1, 0.15) is 0 Å². The van der Waals surface area contributed by atoms with Gasteiger partial charge < -0.3 is 0 Å². The van der Waals surface area contributed by atoms with Crippen molar-refractivity contribution in [3.63, 3.8) is 0 Å². The van der Waals surface area contributed by atoms with Gasteiger partial charge in [-0.25, -0.2) is 5.84 Å². The second-order valence-electron chi connectivity index (χ2n) is 3.68. The van der Waals surface area contributed by atoms with E-state index in [1.54, 1.807) is 0 Å². The molecule has 8 nitrogen and oxygen atoms in total. The van der Waals surface area contributed by atoms with E-state index >= 15 is 0 Å². The van der Waals surface area contributed by atoms with Gasteiger partial charge in [0.2, 0.25) is 23.6 Å². The zero-order valence-corrected chi connectivity index (χ0v) is 10.5. The van der Waals surface area contributed by atoms with E-state index in [9.17, 15) is 19.2 Å². The van der Waals surface area contributed by atoms with E-state index in [0.717, 1.165) is 0 Å². The minimum absolute atomic E-state index is 0.120. The Balaban J connectivity index is 3.93. The van der Waals surface area contributed by atoms with Crippen LogP contribution in [0.3, 0.4) is 0 Å². The van der Waals surface area contributed by atoms with Crippen LogP contribution in [-0.2, 0) is 19.2 Å². The van der Waals surface area contributed by atoms with E-state index in [1.807, 2.05) is 5.43 Å². The van der Waals surface area contributed by atoms with Crippen LogP contribution in [0.5, 0.6) is 0 Å². The summed E-state index contributed by atoms with van der Waals surface area (Å²) in [6.07, 6.45) is 1.31. The summed E-state index contributed by atoms with van der Waals surface area (Å²) in [6.45, 7) is 2.35. The third kappa shape index (κ3) is 6.59. The Bertz CT molecular complexity index is 329. The van der Waals surface area contributed by atoms with Gasteiger partial charge in [-0.15, -0.1) is 0 Å². The number of carbonyl (C=O) groups is 4. The van der Waals surface area contributed by atoms with E-state index in [1.165, 1.54) is 13.8 Å². The number of hydrogen-bond acceptors (Lipinski definition) is 5. The first-order chi connectivity index (χ1) is 8.38. The molecule has 0 atom stereocenters. The molecule has 0 spiro atoms. The highest BCUT2D eigenvalue weighted by molar-refractivity contribution is 5.95. The largest absolute Gasteiger partial charge is 0.294 e. The Kier molecular flexibility index (Phi) is 7.29. The van der Waals surface area contributed by atoms with Crippen LogP contribution in [0.25, 0.3) is 0 Å². The summed E-state index contributed by atoms with van der Waals surface area (Å²) in [5, 5.41) is 0.648. The fourth-order valence-corrected chi connectivity index (χ4v) is 1.20. The molecule has 0 saturated carbocycles. The summed E-state index contributed by atoms with van der Waals surface area (Å²) in [7, 11) is 0. The number of unbranched alkanes of at least 4 members (excludes halogenated alkanes) is 1. The molecule has 4 N–H and O–H groups in total. The maximum absolute atomic E-state index is 11.4. The number of nitrogens with one attached hydrogen (secondary N) is 2. The lowest BCUT2D eigenvalue weighted by molar-refractivity contribution is -0.151. The predicted octanol–water partition coefficient (Wildman–Crippen LogP) is -1.04. The molecule has 102 valence electrons. The molecule has 0 aromatic rings. The third-order valence-electron chi connectivity index (χ3n) is 2.08. The van der Waals surface area contributed by atoms with Gasteiger partial charge in [-0.3, -0.25) is 30.0 Å². The van der Waals surface area contributed by atoms with Crippen molar-refractivity contribution in [3.05, 3.63) is 0 Å². The number of hydrogen-bond donors (Lipinski definition) is 3. The van der Waals surface area contributed by atoms with Gasteiger partial charge in [-0.1, -0.05) is 0 Å². The third-order valence-corrected chi connectivity index (χ3v) is 2.08. The number of carbonyl (C=O) groups excluding carboxylic acids is 4. The van der Waals surface area contributed by atoms with Crippen LogP contribution in [0.2, 0.25) is 0 Å². The molecule has 0 heterocycles. The maximum Gasteiger partial charge on any atom is 0.245 e. The lowest BCUT2D eigenvalue weighted by Crippen LogP contribution is -2.47. The first-order valence-corrected chi connectivity index (χ1v) is 5.48. The number of nitrogens with zero attached hydrogens (tertiary/aromatic N) is 1. The lowest BCUT2D eigenvalue weighted by atomic mass is 10.2. The predicted molar refractivity (Wildman–Crippen MR) is 62.1 cm³/mol. The van der Waals surface area contributed by atoms with E-state index in [-0.39, 0.29) is 18.7 Å². The molecule has 8 heteroatoms. The SMILES string of the molecule is CC(=O)N(NC(=O)CCCCC(=O)NN)C(C)=O. The standard InChI is InChI=1S/C10H18N4O4/c1-7(15)14(8(2)16)13-10(18)6-4-3-5-9(17)12-11/h3-6,11H2,1-2H3,(H,12,17)(H,13,18). The molecule has 0 aliphatic heterocycles. The van der Waals surface area contributed by atoms with Gasteiger partial charge in [-0.05, 0) is 12.8 Å². The average Bonchev–Trinajstić information content (AvgIpc) is 2.30. The molecule has 0 aromatic heterocycles. The maximum atomic E-state index is 11.4. The second kappa shape index (κ2) is 8.18. The Morgan fingerprint density at radius 1 is 0.944 bits per heavy atom. The molecule has 0 aliphatic carbocycles. The molecule has 0 saturated heterocycles. The summed E-state index contributed by atoms with van der Waals surface area (Å²) < 4.78 is 0. The van der Waals surface area contributed by atoms with Crippen LogP contribution in [0, 0.1) is 0 Å². The molecule has 0 aliphatic rings. The van der Waals surface area contributed by atoms with Crippen molar-refractivity contribution in [2.45, 2.75) is 39.5 Å². The zero-order chi connectivity index (χ0) is 14.1. The highest BCUT2D eigenvalue weighted by Gasteiger charge is 2.16. The summed E-state index contributed by atoms with van der Waals surface area (Å²) in [5.41, 5.74) is 4.17. The minimum atomic E-state index is -0.557. The van der Waals surface area contributed by atoms with E-state index in [2.05, 4.69) is 5.43 Å². The minimum Gasteiger partial charge on any atom is -0.294 e. The number of rotatable bonds is 5. The van der Waals surface area contributed by atoms with Gasteiger partial charge in [0.25, 0.3) is 0 Å². The lowest BCUT2D eigenvalue weighted by Gasteiger charge is -2.17. The molecule has 0 fully saturated rings. The van der Waals surface area contributed by atoms with Gasteiger partial charge >= 0.3 is 0 Å². The Hall–Kier alpha value is -1.96. The fraction of sp³-hybridized carbons (Fsp3) is 0.600. The van der Waals surface area contributed by atoms with Gasteiger partial charge in [0.15, 0.2) is 0 Å². The van der Waals surface area contributed by atoms with Crippen LogP contribution in [0.4, 0.5) is 0 Å². The van der Waals surface area contributed by atoms with Crippen LogP contribution in [0.1, 0.15) is 39.5 Å². The smallest absolute Gasteiger partial charge is 0.245 e. The quantitative estimate of drug-likeness (QED) is 0.252. The molecule has 0 unspecified atom stereocenters. The zero-order valence-electron chi connectivity index (χ0n) is 10.5. The van der Waals surface area contributed by atoms with E-state index < -0.39 is 17.7 Å². The van der Waals surface area contributed by atoms with Crippen molar-refractivity contribution in [2.24, 2.45) is 5.84 Å². The Morgan fingerprint density at radius 3 is 1.78 bits per heavy atom. The van der Waals surface area contributed by atoms with Crippen molar-refractivity contribution < 1.29 is 19.2 Å². The first kappa shape index (κ1) is 16.0. The van der Waals surface area contributed by atoms with E-state index in [4.69, 9.17) is 5.84 Å². The van der Waals surface area contributed by atoms with Gasteiger partial charge in [0.05, 0.1) is 0 Å².